The lowest BCUT2D eigenvalue weighted by atomic mass is 9.85. The van der Waals surface area contributed by atoms with Gasteiger partial charge in [-0.1, -0.05) is 31.4 Å². The van der Waals surface area contributed by atoms with Crippen molar-refractivity contribution in [3.63, 3.8) is 0 Å². The van der Waals surface area contributed by atoms with Crippen LogP contribution in [0.15, 0.2) is 24.3 Å². The van der Waals surface area contributed by atoms with Gasteiger partial charge in [0.25, 0.3) is 0 Å². The fraction of sp³-hybridized carbons (Fsp3) is 0.500. The van der Waals surface area contributed by atoms with Crippen molar-refractivity contribution in [2.45, 2.75) is 57.3 Å². The third-order valence-corrected chi connectivity index (χ3v) is 5.02. The van der Waals surface area contributed by atoms with E-state index in [-0.39, 0.29) is 5.82 Å². The molecule has 1 saturated carbocycles. The van der Waals surface area contributed by atoms with E-state index >= 15 is 0 Å². The minimum Gasteiger partial charge on any atom is -0.234 e. The van der Waals surface area contributed by atoms with Crippen LogP contribution in [0.1, 0.15) is 61.4 Å². The predicted molar refractivity (Wildman–Crippen MR) is 81.4 cm³/mol. The lowest BCUT2D eigenvalue weighted by molar-refractivity contribution is 0.426. The lowest BCUT2D eigenvalue weighted by Crippen LogP contribution is -2.13. The van der Waals surface area contributed by atoms with Gasteiger partial charge in [-0.25, -0.2) is 9.07 Å². The Morgan fingerprint density at radius 2 is 1.81 bits per heavy atom. The number of aryl methyl sites for hydroxylation is 1. The monoisotopic (exact) mass is 284 g/mol. The third kappa shape index (κ3) is 2.19. The average Bonchev–Trinajstić information content (AvgIpc) is 3.09. The summed E-state index contributed by atoms with van der Waals surface area (Å²) in [4.78, 5) is 0. The molecule has 2 aromatic rings. The van der Waals surface area contributed by atoms with Gasteiger partial charge in [-0.2, -0.15) is 5.10 Å². The van der Waals surface area contributed by atoms with Gasteiger partial charge >= 0.3 is 0 Å². The fourth-order valence-electron chi connectivity index (χ4n) is 4.02. The van der Waals surface area contributed by atoms with Crippen molar-refractivity contribution < 1.29 is 4.39 Å². The number of hydrogen-bond donors (Lipinski definition) is 0. The summed E-state index contributed by atoms with van der Waals surface area (Å²) in [6.45, 7) is 0. The smallest absolute Gasteiger partial charge is 0.148 e. The molecule has 2 aliphatic carbocycles. The minimum atomic E-state index is -0.171. The topological polar surface area (TPSA) is 17.8 Å². The summed E-state index contributed by atoms with van der Waals surface area (Å²) in [5.74, 6) is 0.392. The summed E-state index contributed by atoms with van der Waals surface area (Å²) >= 11 is 0. The van der Waals surface area contributed by atoms with Crippen molar-refractivity contribution in [1.29, 1.82) is 0 Å². The molecular weight excluding hydrogens is 263 g/mol. The van der Waals surface area contributed by atoms with Gasteiger partial charge in [0.05, 0.1) is 11.4 Å². The normalized spacial score (nSPS) is 18.9. The Morgan fingerprint density at radius 3 is 2.62 bits per heavy atom. The van der Waals surface area contributed by atoms with Crippen LogP contribution in [0.3, 0.4) is 0 Å². The van der Waals surface area contributed by atoms with Crippen molar-refractivity contribution in [2.75, 3.05) is 0 Å². The van der Waals surface area contributed by atoms with E-state index in [1.54, 1.807) is 6.07 Å². The molecule has 0 atom stereocenters. The number of fused-ring (bicyclic) bond motifs is 1. The van der Waals surface area contributed by atoms with Crippen molar-refractivity contribution in [1.82, 2.24) is 9.78 Å². The molecule has 2 nitrogen and oxygen atoms in total. The van der Waals surface area contributed by atoms with Gasteiger partial charge in [0.2, 0.25) is 0 Å². The fourth-order valence-corrected chi connectivity index (χ4v) is 4.02. The molecule has 0 bridgehead atoms. The standard InChI is InChI=1S/C18H21FN2/c19-15-10-4-5-12-17(15)21-18(13-7-2-1-3-8-13)14-9-6-11-16(14)20-21/h4-5,10,12-13H,1-3,6-9,11H2. The first kappa shape index (κ1) is 13.1. The molecule has 3 heteroatoms. The maximum Gasteiger partial charge on any atom is 0.148 e. The van der Waals surface area contributed by atoms with Crippen LogP contribution in [-0.2, 0) is 12.8 Å². The Balaban J connectivity index is 1.85. The molecule has 1 heterocycles. The molecule has 110 valence electrons. The van der Waals surface area contributed by atoms with Crippen LogP contribution in [0.2, 0.25) is 0 Å². The molecular formula is C18H21FN2. The number of aromatic nitrogens is 2. The van der Waals surface area contributed by atoms with E-state index in [4.69, 9.17) is 5.10 Å². The van der Waals surface area contributed by atoms with E-state index < -0.39 is 0 Å². The molecule has 0 saturated heterocycles. The largest absolute Gasteiger partial charge is 0.234 e. The molecule has 0 spiro atoms. The first-order valence-corrected chi connectivity index (χ1v) is 8.20. The number of hydrogen-bond acceptors (Lipinski definition) is 1. The summed E-state index contributed by atoms with van der Waals surface area (Å²) < 4.78 is 16.2. The molecule has 0 amide bonds. The zero-order valence-corrected chi connectivity index (χ0v) is 12.3. The van der Waals surface area contributed by atoms with Gasteiger partial charge in [-0.15, -0.1) is 0 Å². The quantitative estimate of drug-likeness (QED) is 0.791. The Morgan fingerprint density at radius 1 is 1.00 bits per heavy atom. The molecule has 0 radical (unpaired) electrons. The number of halogens is 1. The molecule has 1 aromatic carbocycles. The second kappa shape index (κ2) is 5.28. The molecule has 1 aromatic heterocycles. The second-order valence-electron chi connectivity index (χ2n) is 6.36. The lowest BCUT2D eigenvalue weighted by Gasteiger charge is -2.24. The van der Waals surface area contributed by atoms with Crippen LogP contribution in [0, 0.1) is 5.82 Å². The average molecular weight is 284 g/mol. The zero-order chi connectivity index (χ0) is 14.2. The van der Waals surface area contributed by atoms with Crippen LogP contribution >= 0.6 is 0 Å². The van der Waals surface area contributed by atoms with Gasteiger partial charge < -0.3 is 0 Å². The number of nitrogens with zero attached hydrogens (tertiary/aromatic N) is 2. The SMILES string of the molecule is Fc1ccccc1-n1nc2c(c1C1CCCCC1)CCC2. The number of benzene rings is 1. The Hall–Kier alpha value is -1.64. The van der Waals surface area contributed by atoms with Crippen molar-refractivity contribution in [2.24, 2.45) is 0 Å². The highest BCUT2D eigenvalue weighted by molar-refractivity contribution is 5.42. The van der Waals surface area contributed by atoms with E-state index in [0.29, 0.717) is 11.6 Å². The van der Waals surface area contributed by atoms with E-state index in [1.807, 2.05) is 16.8 Å². The zero-order valence-electron chi connectivity index (χ0n) is 12.3. The molecule has 21 heavy (non-hydrogen) atoms. The maximum absolute atomic E-state index is 14.2. The molecule has 2 aliphatic rings. The molecule has 1 fully saturated rings. The van der Waals surface area contributed by atoms with Crippen molar-refractivity contribution in [3.8, 4) is 5.69 Å². The van der Waals surface area contributed by atoms with Crippen LogP contribution in [0.4, 0.5) is 4.39 Å². The molecule has 0 N–H and O–H groups in total. The summed E-state index contributed by atoms with van der Waals surface area (Å²) in [5.41, 5.74) is 4.56. The van der Waals surface area contributed by atoms with Crippen LogP contribution in [0.5, 0.6) is 0 Å². The van der Waals surface area contributed by atoms with Gasteiger partial charge in [0, 0.05) is 5.92 Å². The van der Waals surface area contributed by atoms with Gasteiger partial charge in [0.1, 0.15) is 11.5 Å². The number of rotatable bonds is 2. The third-order valence-electron chi connectivity index (χ3n) is 5.02. The highest BCUT2D eigenvalue weighted by Gasteiger charge is 2.29. The van der Waals surface area contributed by atoms with Crippen LogP contribution < -0.4 is 0 Å². The number of para-hydroxylation sites is 1. The van der Waals surface area contributed by atoms with Crippen LogP contribution in [0.25, 0.3) is 5.69 Å². The Bertz CT molecular complexity index is 653. The summed E-state index contributed by atoms with van der Waals surface area (Å²) in [6, 6.07) is 7.03. The van der Waals surface area contributed by atoms with Gasteiger partial charge in [-0.3, -0.25) is 0 Å². The summed E-state index contributed by atoms with van der Waals surface area (Å²) in [6.07, 6.45) is 9.76. The van der Waals surface area contributed by atoms with Gasteiger partial charge in [-0.05, 0) is 49.8 Å². The highest BCUT2D eigenvalue weighted by atomic mass is 19.1. The molecule has 4 rings (SSSR count). The van der Waals surface area contributed by atoms with E-state index in [9.17, 15) is 4.39 Å². The van der Waals surface area contributed by atoms with Gasteiger partial charge in [0.15, 0.2) is 0 Å². The highest BCUT2D eigenvalue weighted by Crippen LogP contribution is 2.39. The first-order valence-electron chi connectivity index (χ1n) is 8.20. The van der Waals surface area contributed by atoms with E-state index in [2.05, 4.69) is 0 Å². The summed E-state index contributed by atoms with van der Waals surface area (Å²) in [7, 11) is 0. The van der Waals surface area contributed by atoms with Crippen molar-refractivity contribution in [3.05, 3.63) is 47.0 Å². The maximum atomic E-state index is 14.2. The van der Waals surface area contributed by atoms with E-state index in [0.717, 1.165) is 12.8 Å². The predicted octanol–water partition coefficient (Wildman–Crippen LogP) is 4.55. The van der Waals surface area contributed by atoms with Crippen LogP contribution in [-0.4, -0.2) is 9.78 Å². The van der Waals surface area contributed by atoms with Crippen molar-refractivity contribution >= 4 is 0 Å². The van der Waals surface area contributed by atoms with E-state index in [1.165, 1.54) is 61.5 Å². The minimum absolute atomic E-state index is 0.171. The Labute approximate surface area is 125 Å². The molecule has 0 aliphatic heterocycles. The first-order chi connectivity index (χ1) is 10.3. The summed E-state index contributed by atoms with van der Waals surface area (Å²) in [5, 5.41) is 4.77. The molecule has 0 unspecified atom stereocenters. The Kier molecular flexibility index (Phi) is 3.28. The second-order valence-corrected chi connectivity index (χ2v) is 6.36.